The molecule has 31 heavy (non-hydrogen) atoms. The number of halogens is 2. The van der Waals surface area contributed by atoms with Crippen LogP contribution in [0.2, 0.25) is 10.0 Å². The van der Waals surface area contributed by atoms with Gasteiger partial charge >= 0.3 is 0 Å². The van der Waals surface area contributed by atoms with Gasteiger partial charge in [-0.25, -0.2) is 19.3 Å². The molecule has 0 radical (unpaired) electrons. The van der Waals surface area contributed by atoms with Crippen LogP contribution >= 0.6 is 23.2 Å². The van der Waals surface area contributed by atoms with Gasteiger partial charge in [-0.1, -0.05) is 35.3 Å². The molecule has 0 saturated carbocycles. The van der Waals surface area contributed by atoms with Crippen molar-refractivity contribution in [3.63, 3.8) is 0 Å². The maximum Gasteiger partial charge on any atom is 0.262 e. The van der Waals surface area contributed by atoms with Gasteiger partial charge in [0.05, 0.1) is 21.3 Å². The number of benzene rings is 3. The molecular weight excluding hydrogens is 461 g/mol. The zero-order valence-electron chi connectivity index (χ0n) is 15.8. The van der Waals surface area contributed by atoms with E-state index >= 15 is 0 Å². The Labute approximate surface area is 189 Å². The molecule has 0 aliphatic carbocycles. The van der Waals surface area contributed by atoms with Crippen molar-refractivity contribution in [2.45, 2.75) is 4.90 Å². The molecular formula is C20H17Cl2N5O3S. The van der Waals surface area contributed by atoms with Crippen LogP contribution in [0.15, 0.2) is 76.6 Å². The third-order valence-electron chi connectivity index (χ3n) is 3.97. The number of nitrogens with zero attached hydrogens (tertiary/aromatic N) is 1. The van der Waals surface area contributed by atoms with Gasteiger partial charge in [-0.05, 0) is 54.6 Å². The van der Waals surface area contributed by atoms with Gasteiger partial charge in [0.15, 0.2) is 0 Å². The molecule has 0 saturated heterocycles. The molecule has 0 aliphatic heterocycles. The highest BCUT2D eigenvalue weighted by Gasteiger charge is 2.17. The van der Waals surface area contributed by atoms with E-state index in [-0.39, 0.29) is 15.6 Å². The Balaban J connectivity index is 1.79. The summed E-state index contributed by atoms with van der Waals surface area (Å²) in [5.41, 5.74) is 3.62. The number of hydrazine groups is 1. The molecule has 3 aromatic carbocycles. The van der Waals surface area contributed by atoms with E-state index in [1.807, 2.05) is 0 Å². The SMILES string of the molecule is NNC=Nc1cccc(C(=O)Nc2cccc(S(=O)(=O)Nc3ccc(Cl)cc3Cl)c2)c1. The van der Waals surface area contributed by atoms with Gasteiger partial charge < -0.3 is 10.7 Å². The quantitative estimate of drug-likeness (QED) is 0.176. The van der Waals surface area contributed by atoms with Gasteiger partial charge in [-0.15, -0.1) is 0 Å². The van der Waals surface area contributed by atoms with Crippen LogP contribution in [0.1, 0.15) is 10.4 Å². The number of carbonyl (C=O) groups excluding carboxylic acids is 1. The topological polar surface area (TPSA) is 126 Å². The van der Waals surface area contributed by atoms with Crippen molar-refractivity contribution in [1.29, 1.82) is 0 Å². The van der Waals surface area contributed by atoms with Gasteiger partial charge in [0, 0.05) is 16.3 Å². The molecule has 0 aromatic heterocycles. The predicted molar refractivity (Wildman–Crippen MR) is 124 cm³/mol. The van der Waals surface area contributed by atoms with Crippen LogP contribution in [0.3, 0.4) is 0 Å². The molecule has 0 atom stereocenters. The molecule has 0 heterocycles. The van der Waals surface area contributed by atoms with E-state index in [0.29, 0.717) is 22.0 Å². The number of amides is 1. The Morgan fingerprint density at radius 3 is 2.52 bits per heavy atom. The van der Waals surface area contributed by atoms with E-state index in [2.05, 4.69) is 20.5 Å². The molecule has 160 valence electrons. The average molecular weight is 478 g/mol. The summed E-state index contributed by atoms with van der Waals surface area (Å²) in [6.07, 6.45) is 1.28. The summed E-state index contributed by atoms with van der Waals surface area (Å²) in [6.45, 7) is 0. The number of hydrogen-bond acceptors (Lipinski definition) is 5. The van der Waals surface area contributed by atoms with Gasteiger partial charge in [0.25, 0.3) is 15.9 Å². The number of sulfonamides is 1. The fourth-order valence-electron chi connectivity index (χ4n) is 2.56. The zero-order chi connectivity index (χ0) is 22.4. The Bertz CT molecular complexity index is 1250. The molecule has 8 nitrogen and oxygen atoms in total. The summed E-state index contributed by atoms with van der Waals surface area (Å²) in [7, 11) is -3.96. The average Bonchev–Trinajstić information content (AvgIpc) is 2.74. The first-order valence-electron chi connectivity index (χ1n) is 8.76. The van der Waals surface area contributed by atoms with Crippen LogP contribution in [-0.4, -0.2) is 20.7 Å². The number of hydrogen-bond donors (Lipinski definition) is 4. The first-order valence-corrected chi connectivity index (χ1v) is 11.0. The first-order chi connectivity index (χ1) is 14.8. The Morgan fingerprint density at radius 1 is 1.00 bits per heavy atom. The largest absolute Gasteiger partial charge is 0.322 e. The van der Waals surface area contributed by atoms with Crippen LogP contribution in [0, 0.1) is 0 Å². The lowest BCUT2D eigenvalue weighted by molar-refractivity contribution is 0.102. The molecule has 5 N–H and O–H groups in total. The van der Waals surface area contributed by atoms with Gasteiger partial charge in [0.1, 0.15) is 6.34 Å². The lowest BCUT2D eigenvalue weighted by Gasteiger charge is -2.11. The number of carbonyl (C=O) groups is 1. The molecule has 1 amide bonds. The minimum Gasteiger partial charge on any atom is -0.322 e. The Hall–Kier alpha value is -3.11. The number of aliphatic imine (C=N–C) groups is 1. The van der Waals surface area contributed by atoms with Gasteiger partial charge in [0.2, 0.25) is 0 Å². The van der Waals surface area contributed by atoms with Crippen LogP contribution in [0.5, 0.6) is 0 Å². The second-order valence-electron chi connectivity index (χ2n) is 6.19. The highest BCUT2D eigenvalue weighted by atomic mass is 35.5. The van der Waals surface area contributed by atoms with Crippen LogP contribution in [0.25, 0.3) is 0 Å². The molecule has 0 bridgehead atoms. The maximum absolute atomic E-state index is 12.7. The van der Waals surface area contributed by atoms with Crippen LogP contribution in [0.4, 0.5) is 17.1 Å². The number of rotatable bonds is 7. The van der Waals surface area contributed by atoms with Crippen LogP contribution < -0.4 is 21.3 Å². The van der Waals surface area contributed by atoms with Crippen molar-refractivity contribution < 1.29 is 13.2 Å². The molecule has 0 spiro atoms. The smallest absolute Gasteiger partial charge is 0.262 e. The van der Waals surface area contributed by atoms with E-state index in [4.69, 9.17) is 29.0 Å². The van der Waals surface area contributed by atoms with Crippen molar-refractivity contribution in [2.75, 3.05) is 10.0 Å². The molecule has 0 unspecified atom stereocenters. The third kappa shape index (κ3) is 5.96. The maximum atomic E-state index is 12.7. The van der Waals surface area contributed by atoms with Crippen molar-refractivity contribution in [1.82, 2.24) is 5.43 Å². The second-order valence-corrected chi connectivity index (χ2v) is 8.71. The van der Waals surface area contributed by atoms with Crippen LogP contribution in [-0.2, 0) is 10.0 Å². The van der Waals surface area contributed by atoms with Crippen molar-refractivity contribution in [3.05, 3.63) is 82.3 Å². The Kier molecular flexibility index (Phi) is 7.13. The number of nitrogens with one attached hydrogen (secondary N) is 3. The standard InChI is InChI=1S/C20H17Cl2N5O3S/c21-14-7-8-19(18(22)10-14)27-31(29,30)17-6-2-5-16(11-17)26-20(28)13-3-1-4-15(9-13)24-12-25-23/h1-12,27H,23H2,(H,24,25)(H,26,28). The Morgan fingerprint density at radius 2 is 1.77 bits per heavy atom. The van der Waals surface area contributed by atoms with E-state index in [9.17, 15) is 13.2 Å². The summed E-state index contributed by atoms with van der Waals surface area (Å²) in [4.78, 5) is 16.5. The van der Waals surface area contributed by atoms with E-state index < -0.39 is 15.9 Å². The normalized spacial score (nSPS) is 11.3. The number of nitrogens with two attached hydrogens (primary N) is 1. The molecule has 11 heteroatoms. The highest BCUT2D eigenvalue weighted by molar-refractivity contribution is 7.92. The van der Waals surface area contributed by atoms with E-state index in [0.717, 1.165) is 0 Å². The molecule has 0 fully saturated rings. The fourth-order valence-corrected chi connectivity index (χ4v) is 4.20. The number of anilines is 2. The van der Waals surface area contributed by atoms with Crippen molar-refractivity contribution in [3.8, 4) is 0 Å². The lowest BCUT2D eigenvalue weighted by Crippen LogP contribution is -2.18. The first kappa shape index (κ1) is 22.6. The summed E-state index contributed by atoms with van der Waals surface area (Å²) in [6, 6.07) is 16.8. The van der Waals surface area contributed by atoms with E-state index in [1.54, 1.807) is 30.3 Å². The second kappa shape index (κ2) is 9.80. The fraction of sp³-hybridized carbons (Fsp3) is 0. The minimum absolute atomic E-state index is 0.0521. The predicted octanol–water partition coefficient (Wildman–Crippen LogP) is 4.17. The lowest BCUT2D eigenvalue weighted by atomic mass is 10.2. The van der Waals surface area contributed by atoms with Crippen molar-refractivity contribution in [2.24, 2.45) is 10.8 Å². The summed E-state index contributed by atoms with van der Waals surface area (Å²) >= 11 is 11.9. The van der Waals surface area contributed by atoms with Gasteiger partial charge in [-0.3, -0.25) is 9.52 Å². The minimum atomic E-state index is -3.96. The summed E-state index contributed by atoms with van der Waals surface area (Å²) in [5, 5.41) is 3.21. The monoisotopic (exact) mass is 477 g/mol. The van der Waals surface area contributed by atoms with Gasteiger partial charge in [-0.2, -0.15) is 0 Å². The third-order valence-corrected chi connectivity index (χ3v) is 5.89. The zero-order valence-corrected chi connectivity index (χ0v) is 18.2. The molecule has 0 aliphatic rings. The highest BCUT2D eigenvalue weighted by Crippen LogP contribution is 2.28. The van der Waals surface area contributed by atoms with Crippen molar-refractivity contribution >= 4 is 62.5 Å². The molecule has 3 aromatic rings. The summed E-state index contributed by atoms with van der Waals surface area (Å²) < 4.78 is 27.9. The summed E-state index contributed by atoms with van der Waals surface area (Å²) in [5.74, 6) is 4.71. The molecule has 3 rings (SSSR count). The van der Waals surface area contributed by atoms with E-state index in [1.165, 1.54) is 42.7 Å².